The van der Waals surface area contributed by atoms with E-state index >= 15 is 0 Å². The van der Waals surface area contributed by atoms with Gasteiger partial charge in [0.2, 0.25) is 0 Å². The molecule has 1 aromatic rings. The molecule has 118 valence electrons. The highest BCUT2D eigenvalue weighted by Crippen LogP contribution is 2.39. The molecule has 3 atom stereocenters. The number of rotatable bonds is 6. The van der Waals surface area contributed by atoms with Crippen LogP contribution in [0.4, 0.5) is 0 Å². The highest BCUT2D eigenvalue weighted by Gasteiger charge is 2.32. The third-order valence-corrected chi connectivity index (χ3v) is 5.87. The van der Waals surface area contributed by atoms with E-state index in [4.69, 9.17) is 5.73 Å². The zero-order valence-electron chi connectivity index (χ0n) is 14.1. The van der Waals surface area contributed by atoms with E-state index in [1.165, 1.54) is 44.1 Å². The highest BCUT2D eigenvalue weighted by molar-refractivity contribution is 5.22. The van der Waals surface area contributed by atoms with E-state index in [0.717, 1.165) is 5.92 Å². The largest absolute Gasteiger partial charge is 0.327 e. The standard InChI is InChI=1S/C20H33N/c1-4-15(3)19(17-9-7-6-8-10-17)20(21)18-13-11-16(5-2)12-14-18/h6-10,15-16,18-20H,4-5,11-14,21H2,1-3H3. The molecule has 0 aromatic heterocycles. The third kappa shape index (κ3) is 4.10. The van der Waals surface area contributed by atoms with Crippen molar-refractivity contribution in [2.24, 2.45) is 23.5 Å². The van der Waals surface area contributed by atoms with Crippen molar-refractivity contribution in [1.29, 1.82) is 0 Å². The van der Waals surface area contributed by atoms with Gasteiger partial charge in [-0.2, -0.15) is 0 Å². The summed E-state index contributed by atoms with van der Waals surface area (Å²) in [5, 5.41) is 0. The predicted octanol–water partition coefficient (Wildman–Crippen LogP) is 5.36. The van der Waals surface area contributed by atoms with Crippen LogP contribution < -0.4 is 5.73 Å². The molecule has 1 heteroatoms. The molecule has 0 spiro atoms. The minimum absolute atomic E-state index is 0.320. The average Bonchev–Trinajstić information content (AvgIpc) is 2.55. The van der Waals surface area contributed by atoms with Gasteiger partial charge < -0.3 is 5.73 Å². The van der Waals surface area contributed by atoms with Gasteiger partial charge in [-0.3, -0.25) is 0 Å². The molecule has 0 saturated heterocycles. The van der Waals surface area contributed by atoms with Crippen LogP contribution in [0.3, 0.4) is 0 Å². The Kier molecular flexibility index (Phi) is 6.29. The van der Waals surface area contributed by atoms with Crippen molar-refractivity contribution in [3.05, 3.63) is 35.9 Å². The van der Waals surface area contributed by atoms with Gasteiger partial charge in [0, 0.05) is 12.0 Å². The molecule has 0 aliphatic heterocycles. The number of hydrogen-bond acceptors (Lipinski definition) is 1. The molecule has 2 N–H and O–H groups in total. The van der Waals surface area contributed by atoms with Crippen LogP contribution in [0.15, 0.2) is 30.3 Å². The topological polar surface area (TPSA) is 26.0 Å². The van der Waals surface area contributed by atoms with Gasteiger partial charge in [0.1, 0.15) is 0 Å². The van der Waals surface area contributed by atoms with Crippen LogP contribution in [0.25, 0.3) is 0 Å². The van der Waals surface area contributed by atoms with Gasteiger partial charge in [0.25, 0.3) is 0 Å². The molecule has 1 fully saturated rings. The maximum Gasteiger partial charge on any atom is 0.0139 e. The van der Waals surface area contributed by atoms with E-state index in [1.807, 2.05) is 0 Å². The summed E-state index contributed by atoms with van der Waals surface area (Å²) in [6.07, 6.45) is 7.99. The molecule has 0 radical (unpaired) electrons. The Morgan fingerprint density at radius 1 is 1.05 bits per heavy atom. The van der Waals surface area contributed by atoms with E-state index in [9.17, 15) is 0 Å². The van der Waals surface area contributed by atoms with Crippen LogP contribution in [-0.4, -0.2) is 6.04 Å². The Balaban J connectivity index is 2.10. The van der Waals surface area contributed by atoms with E-state index in [1.54, 1.807) is 0 Å². The Bertz CT molecular complexity index is 392. The Hall–Kier alpha value is -0.820. The second-order valence-corrected chi connectivity index (χ2v) is 7.09. The first-order valence-electron chi connectivity index (χ1n) is 8.97. The van der Waals surface area contributed by atoms with E-state index in [2.05, 4.69) is 51.1 Å². The Morgan fingerprint density at radius 2 is 1.67 bits per heavy atom. The highest BCUT2D eigenvalue weighted by atomic mass is 14.7. The summed E-state index contributed by atoms with van der Waals surface area (Å²) >= 11 is 0. The van der Waals surface area contributed by atoms with Gasteiger partial charge in [-0.05, 0) is 36.2 Å². The Morgan fingerprint density at radius 3 is 2.19 bits per heavy atom. The third-order valence-electron chi connectivity index (χ3n) is 5.87. The normalized spacial score (nSPS) is 27.0. The predicted molar refractivity (Wildman–Crippen MR) is 92.4 cm³/mol. The lowest BCUT2D eigenvalue weighted by atomic mass is 9.70. The zero-order chi connectivity index (χ0) is 15.2. The smallest absolute Gasteiger partial charge is 0.0139 e. The minimum Gasteiger partial charge on any atom is -0.327 e. The zero-order valence-corrected chi connectivity index (χ0v) is 14.1. The molecule has 1 aliphatic rings. The Labute approximate surface area is 131 Å². The SMILES string of the molecule is CCC1CCC(C(N)C(c2ccccc2)C(C)CC)CC1. The fourth-order valence-corrected chi connectivity index (χ4v) is 4.13. The molecule has 0 amide bonds. The van der Waals surface area contributed by atoms with Crippen LogP contribution >= 0.6 is 0 Å². The van der Waals surface area contributed by atoms with Gasteiger partial charge in [-0.25, -0.2) is 0 Å². The van der Waals surface area contributed by atoms with Gasteiger partial charge in [-0.1, -0.05) is 76.8 Å². The maximum atomic E-state index is 6.79. The first-order chi connectivity index (χ1) is 10.2. The first-order valence-corrected chi connectivity index (χ1v) is 8.97. The number of benzene rings is 1. The summed E-state index contributed by atoms with van der Waals surface area (Å²) in [7, 11) is 0. The fourth-order valence-electron chi connectivity index (χ4n) is 4.13. The lowest BCUT2D eigenvalue weighted by molar-refractivity contribution is 0.204. The summed E-state index contributed by atoms with van der Waals surface area (Å²) in [4.78, 5) is 0. The quantitative estimate of drug-likeness (QED) is 0.749. The molecule has 1 aromatic carbocycles. The summed E-state index contributed by atoms with van der Waals surface area (Å²) < 4.78 is 0. The first kappa shape index (κ1) is 16.5. The van der Waals surface area contributed by atoms with Crippen LogP contribution in [0.2, 0.25) is 0 Å². The molecular weight excluding hydrogens is 254 g/mol. The van der Waals surface area contributed by atoms with Gasteiger partial charge in [0.15, 0.2) is 0 Å². The van der Waals surface area contributed by atoms with Crippen molar-refractivity contribution in [3.8, 4) is 0 Å². The van der Waals surface area contributed by atoms with E-state index in [-0.39, 0.29) is 0 Å². The summed E-state index contributed by atoms with van der Waals surface area (Å²) in [6.45, 7) is 6.99. The summed E-state index contributed by atoms with van der Waals surface area (Å²) in [6, 6.07) is 11.3. The number of nitrogens with two attached hydrogens (primary N) is 1. The molecule has 2 rings (SSSR count). The summed E-state index contributed by atoms with van der Waals surface area (Å²) in [5.74, 6) is 2.84. The molecule has 1 aliphatic carbocycles. The van der Waals surface area contributed by atoms with Crippen LogP contribution in [0.5, 0.6) is 0 Å². The summed E-state index contributed by atoms with van der Waals surface area (Å²) in [5.41, 5.74) is 8.23. The van der Waals surface area contributed by atoms with Crippen molar-refractivity contribution < 1.29 is 0 Å². The lowest BCUT2D eigenvalue weighted by Crippen LogP contribution is -2.40. The second-order valence-electron chi connectivity index (χ2n) is 7.09. The van der Waals surface area contributed by atoms with Crippen LogP contribution in [0, 0.1) is 17.8 Å². The van der Waals surface area contributed by atoms with Crippen molar-refractivity contribution >= 4 is 0 Å². The minimum atomic E-state index is 0.320. The lowest BCUT2D eigenvalue weighted by Gasteiger charge is -2.38. The maximum absolute atomic E-state index is 6.79. The molecular formula is C20H33N. The van der Waals surface area contributed by atoms with E-state index < -0.39 is 0 Å². The van der Waals surface area contributed by atoms with Gasteiger partial charge in [-0.15, -0.1) is 0 Å². The van der Waals surface area contributed by atoms with Crippen molar-refractivity contribution in [2.75, 3.05) is 0 Å². The second kappa shape index (κ2) is 7.98. The van der Waals surface area contributed by atoms with Gasteiger partial charge in [0.05, 0.1) is 0 Å². The van der Waals surface area contributed by atoms with Crippen LogP contribution in [-0.2, 0) is 0 Å². The van der Waals surface area contributed by atoms with Crippen LogP contribution in [0.1, 0.15) is 70.8 Å². The molecule has 3 unspecified atom stereocenters. The molecule has 0 bridgehead atoms. The molecule has 1 nitrogen and oxygen atoms in total. The van der Waals surface area contributed by atoms with Gasteiger partial charge >= 0.3 is 0 Å². The molecule has 0 heterocycles. The number of hydrogen-bond donors (Lipinski definition) is 1. The molecule has 1 saturated carbocycles. The van der Waals surface area contributed by atoms with Crippen molar-refractivity contribution in [3.63, 3.8) is 0 Å². The molecule has 21 heavy (non-hydrogen) atoms. The van der Waals surface area contributed by atoms with Crippen molar-refractivity contribution in [1.82, 2.24) is 0 Å². The van der Waals surface area contributed by atoms with E-state index in [0.29, 0.717) is 23.8 Å². The monoisotopic (exact) mass is 287 g/mol. The fraction of sp³-hybridized carbons (Fsp3) is 0.700. The average molecular weight is 287 g/mol. The van der Waals surface area contributed by atoms with Crippen molar-refractivity contribution in [2.45, 2.75) is 71.3 Å².